The quantitative estimate of drug-likeness (QED) is 0.830. The van der Waals surface area contributed by atoms with E-state index in [2.05, 4.69) is 12.1 Å². The Morgan fingerprint density at radius 2 is 1.67 bits per heavy atom. The van der Waals surface area contributed by atoms with Crippen molar-refractivity contribution in [3.8, 4) is 11.5 Å². The molecular weight excluding hydrogens is 244 g/mol. The molecule has 3 heteroatoms. The van der Waals surface area contributed by atoms with Crippen LogP contribution in [0.1, 0.15) is 5.56 Å². The summed E-state index contributed by atoms with van der Waals surface area (Å²) in [4.78, 5) is 1.18. The third kappa shape index (κ3) is 3.70. The zero-order valence-corrected chi connectivity index (χ0v) is 11.1. The fraction of sp³-hybridized carbons (Fsp3) is 0.200. The highest BCUT2D eigenvalue weighted by atomic mass is 32.2. The van der Waals surface area contributed by atoms with Gasteiger partial charge in [0.25, 0.3) is 0 Å². The average molecular weight is 260 g/mol. The molecule has 2 aromatic rings. The fourth-order valence-corrected chi connectivity index (χ4v) is 2.52. The molecule has 0 aliphatic carbocycles. The number of aryl methyl sites for hydroxylation is 1. The van der Waals surface area contributed by atoms with Crippen LogP contribution in [0.2, 0.25) is 0 Å². The van der Waals surface area contributed by atoms with Gasteiger partial charge >= 0.3 is 0 Å². The Hall–Kier alpha value is -1.61. The van der Waals surface area contributed by atoms with E-state index in [0.29, 0.717) is 5.75 Å². The normalized spacial score (nSPS) is 10.3. The summed E-state index contributed by atoms with van der Waals surface area (Å²) in [6.45, 7) is 0. The maximum Gasteiger partial charge on any atom is 0.118 e. The lowest BCUT2D eigenvalue weighted by molar-refractivity contribution is 0.414. The molecule has 94 valence electrons. The highest BCUT2D eigenvalue weighted by Crippen LogP contribution is 2.22. The topological polar surface area (TPSA) is 29.5 Å². The Morgan fingerprint density at radius 3 is 2.28 bits per heavy atom. The Balaban J connectivity index is 1.82. The predicted octanol–water partition coefficient (Wildman–Crippen LogP) is 3.74. The number of ether oxygens (including phenoxy) is 1. The van der Waals surface area contributed by atoms with E-state index in [1.165, 1.54) is 10.5 Å². The summed E-state index contributed by atoms with van der Waals surface area (Å²) < 4.78 is 5.13. The van der Waals surface area contributed by atoms with Crippen LogP contribution in [-0.2, 0) is 6.42 Å². The average Bonchev–Trinajstić information content (AvgIpc) is 2.42. The molecule has 0 saturated carbocycles. The van der Waals surface area contributed by atoms with E-state index in [1.54, 1.807) is 31.0 Å². The van der Waals surface area contributed by atoms with Gasteiger partial charge in [-0.3, -0.25) is 0 Å². The number of hydrogen-bond donors (Lipinski definition) is 1. The van der Waals surface area contributed by atoms with Crippen molar-refractivity contribution in [3.05, 3.63) is 54.1 Å². The van der Waals surface area contributed by atoms with Crippen molar-refractivity contribution in [2.45, 2.75) is 11.3 Å². The third-order valence-corrected chi connectivity index (χ3v) is 3.67. The van der Waals surface area contributed by atoms with E-state index in [1.807, 2.05) is 24.3 Å². The summed E-state index contributed by atoms with van der Waals surface area (Å²) in [7, 11) is 1.68. The molecule has 0 amide bonds. The largest absolute Gasteiger partial charge is 0.508 e. The summed E-state index contributed by atoms with van der Waals surface area (Å²) in [6, 6.07) is 15.5. The first-order chi connectivity index (χ1) is 8.78. The molecule has 2 nitrogen and oxygen atoms in total. The molecular formula is C15H16O2S. The molecule has 1 N–H and O–H groups in total. The van der Waals surface area contributed by atoms with Gasteiger partial charge in [-0.2, -0.15) is 0 Å². The van der Waals surface area contributed by atoms with E-state index in [-0.39, 0.29) is 0 Å². The molecule has 0 radical (unpaired) electrons. The first kappa shape index (κ1) is 12.8. The van der Waals surface area contributed by atoms with Gasteiger partial charge in [0.15, 0.2) is 0 Å². The lowest BCUT2D eigenvalue weighted by Crippen LogP contribution is -1.89. The molecule has 18 heavy (non-hydrogen) atoms. The molecule has 0 unspecified atom stereocenters. The van der Waals surface area contributed by atoms with Gasteiger partial charge in [0, 0.05) is 10.6 Å². The highest BCUT2D eigenvalue weighted by molar-refractivity contribution is 7.99. The van der Waals surface area contributed by atoms with E-state index < -0.39 is 0 Å². The Bertz CT molecular complexity index is 477. The molecule has 0 fully saturated rings. The van der Waals surface area contributed by atoms with E-state index in [9.17, 15) is 5.11 Å². The van der Waals surface area contributed by atoms with Crippen LogP contribution in [0.4, 0.5) is 0 Å². The molecule has 0 spiro atoms. The van der Waals surface area contributed by atoms with Gasteiger partial charge in [-0.15, -0.1) is 11.8 Å². The number of rotatable bonds is 5. The fourth-order valence-electron chi connectivity index (χ4n) is 1.62. The first-order valence-corrected chi connectivity index (χ1v) is 6.81. The van der Waals surface area contributed by atoms with Crippen LogP contribution in [0.15, 0.2) is 53.4 Å². The van der Waals surface area contributed by atoms with Gasteiger partial charge in [0.2, 0.25) is 0 Å². The molecule has 0 heterocycles. The first-order valence-electron chi connectivity index (χ1n) is 5.83. The molecule has 2 aromatic carbocycles. The smallest absolute Gasteiger partial charge is 0.118 e. The Kier molecular flexibility index (Phi) is 4.53. The van der Waals surface area contributed by atoms with Crippen molar-refractivity contribution in [2.75, 3.05) is 12.9 Å². The second kappa shape index (κ2) is 6.36. The molecule has 0 bridgehead atoms. The number of methoxy groups -OCH3 is 1. The monoisotopic (exact) mass is 260 g/mol. The number of benzene rings is 2. The number of phenols is 1. The van der Waals surface area contributed by atoms with Crippen molar-refractivity contribution in [1.29, 1.82) is 0 Å². The highest BCUT2D eigenvalue weighted by Gasteiger charge is 1.97. The summed E-state index contributed by atoms with van der Waals surface area (Å²) in [5.74, 6) is 2.23. The minimum Gasteiger partial charge on any atom is -0.508 e. The van der Waals surface area contributed by atoms with Crippen LogP contribution in [0, 0.1) is 0 Å². The second-order valence-electron chi connectivity index (χ2n) is 3.94. The molecule has 0 saturated heterocycles. The van der Waals surface area contributed by atoms with Crippen molar-refractivity contribution in [2.24, 2.45) is 0 Å². The van der Waals surface area contributed by atoms with E-state index in [4.69, 9.17) is 4.74 Å². The van der Waals surface area contributed by atoms with Crippen molar-refractivity contribution >= 4 is 11.8 Å². The number of aromatic hydroxyl groups is 1. The summed E-state index contributed by atoms with van der Waals surface area (Å²) in [5, 5.41) is 9.19. The summed E-state index contributed by atoms with van der Waals surface area (Å²) >= 11 is 1.79. The summed E-state index contributed by atoms with van der Waals surface area (Å²) in [5.41, 5.74) is 1.31. The van der Waals surface area contributed by atoms with E-state index >= 15 is 0 Å². The maximum absolute atomic E-state index is 9.19. The third-order valence-electron chi connectivity index (χ3n) is 2.66. The van der Waals surface area contributed by atoms with Crippen LogP contribution in [0.5, 0.6) is 11.5 Å². The lowest BCUT2D eigenvalue weighted by Gasteiger charge is -2.04. The van der Waals surface area contributed by atoms with Crippen molar-refractivity contribution < 1.29 is 9.84 Å². The van der Waals surface area contributed by atoms with Crippen LogP contribution >= 0.6 is 11.8 Å². The van der Waals surface area contributed by atoms with Crippen LogP contribution < -0.4 is 4.74 Å². The summed E-state index contributed by atoms with van der Waals surface area (Å²) in [6.07, 6.45) is 1.02. The predicted molar refractivity (Wildman–Crippen MR) is 75.5 cm³/mol. The van der Waals surface area contributed by atoms with Crippen LogP contribution in [-0.4, -0.2) is 18.0 Å². The molecule has 0 atom stereocenters. The van der Waals surface area contributed by atoms with Gasteiger partial charge in [0.05, 0.1) is 7.11 Å². The zero-order chi connectivity index (χ0) is 12.8. The molecule has 0 aliphatic heterocycles. The standard InChI is InChI=1S/C15H16O2S/c1-17-14-6-2-12(3-7-14)10-11-18-15-8-4-13(16)5-9-15/h2-9,16H,10-11H2,1H3. The maximum atomic E-state index is 9.19. The number of hydrogen-bond acceptors (Lipinski definition) is 3. The Labute approximate surface area is 112 Å². The number of thioether (sulfide) groups is 1. The minimum atomic E-state index is 0.314. The second-order valence-corrected chi connectivity index (χ2v) is 5.11. The van der Waals surface area contributed by atoms with Gasteiger partial charge in [-0.05, 0) is 48.4 Å². The molecule has 0 aliphatic rings. The van der Waals surface area contributed by atoms with Gasteiger partial charge in [-0.1, -0.05) is 12.1 Å². The van der Waals surface area contributed by atoms with Crippen LogP contribution in [0.25, 0.3) is 0 Å². The Morgan fingerprint density at radius 1 is 1.00 bits per heavy atom. The zero-order valence-electron chi connectivity index (χ0n) is 10.3. The lowest BCUT2D eigenvalue weighted by atomic mass is 10.2. The SMILES string of the molecule is COc1ccc(CCSc2ccc(O)cc2)cc1. The van der Waals surface area contributed by atoms with Gasteiger partial charge in [-0.25, -0.2) is 0 Å². The minimum absolute atomic E-state index is 0.314. The molecule has 0 aromatic heterocycles. The van der Waals surface area contributed by atoms with Crippen molar-refractivity contribution in [3.63, 3.8) is 0 Å². The van der Waals surface area contributed by atoms with Gasteiger partial charge < -0.3 is 9.84 Å². The van der Waals surface area contributed by atoms with Crippen molar-refractivity contribution in [1.82, 2.24) is 0 Å². The molecule has 2 rings (SSSR count). The van der Waals surface area contributed by atoms with Crippen LogP contribution in [0.3, 0.4) is 0 Å². The van der Waals surface area contributed by atoms with E-state index in [0.717, 1.165) is 17.9 Å². The number of phenolic OH excluding ortho intramolecular Hbond substituents is 1. The van der Waals surface area contributed by atoms with Gasteiger partial charge in [0.1, 0.15) is 11.5 Å².